The summed E-state index contributed by atoms with van der Waals surface area (Å²) in [7, 11) is 0. The number of nitrogens with two attached hydrogens (primary N) is 1. The zero-order valence-electron chi connectivity index (χ0n) is 26.3. The smallest absolute Gasteiger partial charge is 0.347 e. The standard InChI is InChI=1S/C33H36N6O8/c1-19(2)28(30(44)45)38(29(43)26(16-27(41)42)36-20(3)40)39-31(46)33(4,25-13-10-21(11-14-25)17-35-34)37(32(39)47)18-22-9-12-23-7-5-6-8-24(23)15-22/h5-15,17,19,26,28H,16,18,34H2,1-4H3,(H,36,40)(H,41,42)(H,44,45)/t26-,28-,33+/m0/s1. The maximum absolute atomic E-state index is 14.7. The van der Waals surface area contributed by atoms with Gasteiger partial charge in [0.2, 0.25) is 5.91 Å². The zero-order valence-corrected chi connectivity index (χ0v) is 26.3. The predicted octanol–water partition coefficient (Wildman–Crippen LogP) is 2.64. The molecule has 14 heteroatoms. The van der Waals surface area contributed by atoms with Crippen molar-refractivity contribution in [2.24, 2.45) is 16.9 Å². The molecule has 1 aliphatic heterocycles. The lowest BCUT2D eigenvalue weighted by atomic mass is 9.89. The van der Waals surface area contributed by atoms with Crippen molar-refractivity contribution in [3.63, 3.8) is 0 Å². The highest BCUT2D eigenvalue weighted by molar-refractivity contribution is 6.09. The molecule has 246 valence electrons. The van der Waals surface area contributed by atoms with E-state index in [-0.39, 0.29) is 6.54 Å². The number of benzene rings is 3. The summed E-state index contributed by atoms with van der Waals surface area (Å²) in [5.74, 6) is -1.59. The van der Waals surface area contributed by atoms with Crippen LogP contribution in [0.5, 0.6) is 0 Å². The highest BCUT2D eigenvalue weighted by atomic mass is 16.4. The van der Waals surface area contributed by atoms with E-state index in [2.05, 4.69) is 10.4 Å². The summed E-state index contributed by atoms with van der Waals surface area (Å²) in [6, 6.07) is 14.9. The number of hydrogen-bond donors (Lipinski definition) is 4. The molecule has 3 aromatic carbocycles. The van der Waals surface area contributed by atoms with E-state index in [1.54, 1.807) is 30.3 Å². The number of urea groups is 1. The maximum atomic E-state index is 14.7. The summed E-state index contributed by atoms with van der Waals surface area (Å²) in [5, 5.41) is 28.3. The first-order valence-electron chi connectivity index (χ1n) is 14.7. The van der Waals surface area contributed by atoms with Crippen LogP contribution in [0.3, 0.4) is 0 Å². The molecule has 3 atom stereocenters. The van der Waals surface area contributed by atoms with Crippen LogP contribution >= 0.6 is 0 Å². The van der Waals surface area contributed by atoms with Crippen molar-refractivity contribution in [3.05, 3.63) is 83.4 Å². The Kier molecular flexibility index (Phi) is 9.93. The molecule has 1 fully saturated rings. The molecule has 0 unspecified atom stereocenters. The Balaban J connectivity index is 1.92. The molecule has 0 bridgehead atoms. The van der Waals surface area contributed by atoms with Crippen LogP contribution in [-0.2, 0) is 36.1 Å². The second-order valence-corrected chi connectivity index (χ2v) is 11.7. The minimum atomic E-state index is -1.80. The van der Waals surface area contributed by atoms with Gasteiger partial charge in [-0.15, -0.1) is 0 Å². The largest absolute Gasteiger partial charge is 0.481 e. The first-order valence-corrected chi connectivity index (χ1v) is 14.7. The number of fused-ring (bicyclic) bond motifs is 1. The second kappa shape index (κ2) is 13.7. The van der Waals surface area contributed by atoms with Crippen LogP contribution in [0.2, 0.25) is 0 Å². The second-order valence-electron chi connectivity index (χ2n) is 11.7. The number of nitrogens with one attached hydrogen (secondary N) is 1. The van der Waals surface area contributed by atoms with Gasteiger partial charge in [0.15, 0.2) is 6.04 Å². The summed E-state index contributed by atoms with van der Waals surface area (Å²) in [6.45, 7) is 5.35. The fraction of sp³-hybridized carbons (Fsp3) is 0.303. The summed E-state index contributed by atoms with van der Waals surface area (Å²) < 4.78 is 0. The van der Waals surface area contributed by atoms with Gasteiger partial charge in [-0.1, -0.05) is 74.5 Å². The SMILES string of the molecule is CC(=O)N[C@@H](CC(=O)O)C(=O)N([C@H](C(=O)O)C(C)C)N1C(=O)N(Cc2ccc3ccccc3c2)[C@](C)(c2ccc(C=NN)cc2)C1=O. The Morgan fingerprint density at radius 3 is 2.19 bits per heavy atom. The van der Waals surface area contributed by atoms with Crippen molar-refractivity contribution in [1.82, 2.24) is 20.2 Å². The van der Waals surface area contributed by atoms with Gasteiger partial charge in [-0.25, -0.2) is 14.6 Å². The van der Waals surface area contributed by atoms with Crippen LogP contribution < -0.4 is 11.2 Å². The molecule has 1 saturated heterocycles. The molecule has 0 spiro atoms. The fourth-order valence-electron chi connectivity index (χ4n) is 5.72. The minimum absolute atomic E-state index is 0.125. The van der Waals surface area contributed by atoms with Gasteiger partial charge in [-0.2, -0.15) is 10.1 Å². The summed E-state index contributed by atoms with van der Waals surface area (Å²) in [6.07, 6.45) is 0.454. The maximum Gasteiger partial charge on any atom is 0.347 e. The molecule has 0 saturated carbocycles. The van der Waals surface area contributed by atoms with Gasteiger partial charge in [0.05, 0.1) is 12.6 Å². The third kappa shape index (κ3) is 6.76. The minimum Gasteiger partial charge on any atom is -0.481 e. The Bertz CT molecular complexity index is 1740. The van der Waals surface area contributed by atoms with Crippen molar-refractivity contribution in [2.75, 3.05) is 0 Å². The van der Waals surface area contributed by atoms with Gasteiger partial charge < -0.3 is 21.4 Å². The monoisotopic (exact) mass is 644 g/mol. The van der Waals surface area contributed by atoms with E-state index in [1.807, 2.05) is 36.4 Å². The van der Waals surface area contributed by atoms with Crippen molar-refractivity contribution < 1.29 is 39.0 Å². The molecule has 47 heavy (non-hydrogen) atoms. The summed E-state index contributed by atoms with van der Waals surface area (Å²) in [5.41, 5.74) is -0.205. The lowest BCUT2D eigenvalue weighted by molar-refractivity contribution is -0.173. The van der Waals surface area contributed by atoms with Gasteiger partial charge in [0.1, 0.15) is 11.6 Å². The Morgan fingerprint density at radius 2 is 1.64 bits per heavy atom. The zero-order chi connectivity index (χ0) is 34.6. The van der Waals surface area contributed by atoms with Gasteiger partial charge in [-0.05, 0) is 46.4 Å². The molecule has 3 aromatic rings. The normalized spacial score (nSPS) is 17.7. The number of hydrazine groups is 1. The van der Waals surface area contributed by atoms with E-state index >= 15 is 0 Å². The first-order chi connectivity index (χ1) is 22.2. The Labute approximate surface area is 270 Å². The number of nitrogens with zero attached hydrogens (tertiary/aromatic N) is 4. The first kappa shape index (κ1) is 34.1. The van der Waals surface area contributed by atoms with E-state index in [0.29, 0.717) is 26.7 Å². The van der Waals surface area contributed by atoms with E-state index in [0.717, 1.165) is 17.7 Å². The summed E-state index contributed by atoms with van der Waals surface area (Å²) in [4.78, 5) is 80.9. The van der Waals surface area contributed by atoms with Gasteiger partial charge in [0, 0.05) is 13.5 Å². The Hall–Kier alpha value is -5.79. The number of hydrogen-bond acceptors (Lipinski definition) is 8. The lowest BCUT2D eigenvalue weighted by Crippen LogP contribution is -2.63. The third-order valence-corrected chi connectivity index (χ3v) is 8.06. The number of rotatable bonds is 12. The summed E-state index contributed by atoms with van der Waals surface area (Å²) >= 11 is 0. The number of imide groups is 1. The molecule has 4 rings (SSSR count). The quantitative estimate of drug-likeness (QED) is 0.0989. The molecule has 0 aromatic heterocycles. The van der Waals surface area contributed by atoms with Crippen molar-refractivity contribution in [2.45, 2.75) is 58.3 Å². The Morgan fingerprint density at radius 1 is 1.00 bits per heavy atom. The predicted molar refractivity (Wildman–Crippen MR) is 170 cm³/mol. The number of carboxylic acid groups (broad SMARTS) is 2. The molecule has 5 amide bonds. The lowest BCUT2D eigenvalue weighted by Gasteiger charge is -2.38. The number of hydrazone groups is 1. The molecule has 0 aliphatic carbocycles. The van der Waals surface area contributed by atoms with Crippen LogP contribution in [0.4, 0.5) is 4.79 Å². The number of carboxylic acids is 2. The highest BCUT2D eigenvalue weighted by Crippen LogP contribution is 2.40. The van der Waals surface area contributed by atoms with E-state index in [9.17, 15) is 39.0 Å². The van der Waals surface area contributed by atoms with Crippen LogP contribution in [0.15, 0.2) is 71.8 Å². The van der Waals surface area contributed by atoms with E-state index < -0.39 is 65.7 Å². The van der Waals surface area contributed by atoms with Gasteiger partial charge >= 0.3 is 18.0 Å². The topological polar surface area (TPSA) is 203 Å². The van der Waals surface area contributed by atoms with Crippen LogP contribution in [0.1, 0.15) is 50.8 Å². The highest BCUT2D eigenvalue weighted by Gasteiger charge is 2.60. The molecular formula is C33H36N6O8. The van der Waals surface area contributed by atoms with Gasteiger partial charge in [0.25, 0.3) is 11.8 Å². The van der Waals surface area contributed by atoms with Crippen molar-refractivity contribution in [3.8, 4) is 0 Å². The average Bonchev–Trinajstić information content (AvgIpc) is 3.19. The van der Waals surface area contributed by atoms with Crippen molar-refractivity contribution >= 4 is 52.7 Å². The number of carbonyl (C=O) groups is 6. The van der Waals surface area contributed by atoms with Crippen LogP contribution in [0.25, 0.3) is 10.8 Å². The molecule has 1 aliphatic rings. The molecule has 1 heterocycles. The third-order valence-electron chi connectivity index (χ3n) is 8.06. The molecule has 14 nitrogen and oxygen atoms in total. The molecular weight excluding hydrogens is 608 g/mol. The van der Waals surface area contributed by atoms with Crippen LogP contribution in [-0.4, -0.2) is 79.1 Å². The number of amides is 5. The van der Waals surface area contributed by atoms with Gasteiger partial charge in [-0.3, -0.25) is 24.1 Å². The molecule has 0 radical (unpaired) electrons. The molecule has 5 N–H and O–H groups in total. The fourth-order valence-corrected chi connectivity index (χ4v) is 5.72. The van der Waals surface area contributed by atoms with E-state index in [1.165, 1.54) is 31.9 Å². The van der Waals surface area contributed by atoms with E-state index in [4.69, 9.17) is 5.84 Å². The van der Waals surface area contributed by atoms with Crippen molar-refractivity contribution in [1.29, 1.82) is 0 Å². The van der Waals surface area contributed by atoms with Crippen LogP contribution in [0, 0.1) is 5.92 Å². The average molecular weight is 645 g/mol. The number of aliphatic carboxylic acids is 2. The number of carbonyl (C=O) groups excluding carboxylic acids is 4.